The number of ether oxygens (including phenoxy) is 1. The minimum absolute atomic E-state index is 0.0267. The minimum Gasteiger partial charge on any atom is -0.497 e. The molecule has 1 aromatic carbocycles. The summed E-state index contributed by atoms with van der Waals surface area (Å²) in [5.41, 5.74) is 6.72. The molecule has 7 heteroatoms. The average molecular weight is 302 g/mol. The quantitative estimate of drug-likeness (QED) is 0.783. The molecular formula is C12H18N2O3S2. The van der Waals surface area contributed by atoms with Crippen molar-refractivity contribution in [3.05, 3.63) is 23.8 Å². The van der Waals surface area contributed by atoms with Crippen molar-refractivity contribution in [2.75, 3.05) is 11.8 Å². The van der Waals surface area contributed by atoms with Gasteiger partial charge in [0.1, 0.15) is 11.0 Å². The zero-order chi connectivity index (χ0) is 14.6. The predicted molar refractivity (Wildman–Crippen MR) is 81.1 cm³/mol. The van der Waals surface area contributed by atoms with Crippen molar-refractivity contribution in [2.45, 2.75) is 25.5 Å². The first-order valence-electron chi connectivity index (χ1n) is 5.77. The van der Waals surface area contributed by atoms with Gasteiger partial charge in [-0.2, -0.15) is 0 Å². The molecule has 0 aliphatic heterocycles. The van der Waals surface area contributed by atoms with E-state index in [1.165, 1.54) is 0 Å². The number of sulfonamides is 1. The van der Waals surface area contributed by atoms with E-state index in [4.69, 9.17) is 22.7 Å². The third-order valence-electron chi connectivity index (χ3n) is 2.75. The lowest BCUT2D eigenvalue weighted by molar-refractivity contribution is 0.414. The molecule has 0 saturated carbocycles. The molecule has 1 atom stereocenters. The fraction of sp³-hybridized carbons (Fsp3) is 0.417. The maximum Gasteiger partial charge on any atom is 0.242 e. The number of rotatable bonds is 6. The van der Waals surface area contributed by atoms with Crippen molar-refractivity contribution in [1.29, 1.82) is 0 Å². The van der Waals surface area contributed by atoms with E-state index in [1.807, 2.05) is 0 Å². The van der Waals surface area contributed by atoms with Crippen LogP contribution in [0.15, 0.2) is 18.2 Å². The number of methoxy groups -OCH3 is 1. The first kappa shape index (κ1) is 15.7. The van der Waals surface area contributed by atoms with Crippen LogP contribution in [0.5, 0.6) is 5.75 Å². The Morgan fingerprint density at radius 1 is 1.53 bits per heavy atom. The van der Waals surface area contributed by atoms with Gasteiger partial charge in [0.2, 0.25) is 10.0 Å². The Hall–Kier alpha value is -1.34. The normalized spacial score (nSPS) is 12.8. The van der Waals surface area contributed by atoms with E-state index in [2.05, 4.69) is 4.72 Å². The molecule has 0 aliphatic carbocycles. The maximum absolute atomic E-state index is 12.2. The number of anilines is 1. The third kappa shape index (κ3) is 3.81. The summed E-state index contributed by atoms with van der Waals surface area (Å²) >= 11 is 4.79. The highest BCUT2D eigenvalue weighted by molar-refractivity contribution is 7.95. The highest BCUT2D eigenvalue weighted by Crippen LogP contribution is 2.23. The van der Waals surface area contributed by atoms with Crippen molar-refractivity contribution in [3.63, 3.8) is 0 Å². The van der Waals surface area contributed by atoms with Crippen LogP contribution in [0.2, 0.25) is 0 Å². The van der Waals surface area contributed by atoms with Gasteiger partial charge in [-0.1, -0.05) is 19.1 Å². The maximum atomic E-state index is 12.2. The van der Waals surface area contributed by atoms with E-state index in [1.54, 1.807) is 39.2 Å². The van der Waals surface area contributed by atoms with Crippen LogP contribution in [0, 0.1) is 6.92 Å². The molecule has 19 heavy (non-hydrogen) atoms. The summed E-state index contributed by atoms with van der Waals surface area (Å²) in [7, 11) is -2.07. The summed E-state index contributed by atoms with van der Waals surface area (Å²) in [5, 5.41) is -0.871. The highest BCUT2D eigenvalue weighted by Gasteiger charge is 2.26. The summed E-state index contributed by atoms with van der Waals surface area (Å²) in [4.78, 5) is -0.0267. The van der Waals surface area contributed by atoms with Crippen molar-refractivity contribution >= 4 is 32.9 Å². The molecule has 0 saturated heterocycles. The third-order valence-corrected chi connectivity index (χ3v) is 5.02. The molecular weight excluding hydrogens is 284 g/mol. The van der Waals surface area contributed by atoms with Gasteiger partial charge in [-0.15, -0.1) is 0 Å². The summed E-state index contributed by atoms with van der Waals surface area (Å²) in [6, 6.07) is 5.09. The fourth-order valence-electron chi connectivity index (χ4n) is 1.68. The highest BCUT2D eigenvalue weighted by atomic mass is 32.2. The van der Waals surface area contributed by atoms with E-state index in [-0.39, 0.29) is 4.99 Å². The van der Waals surface area contributed by atoms with Gasteiger partial charge in [-0.25, -0.2) is 8.42 Å². The second kappa shape index (κ2) is 6.21. The van der Waals surface area contributed by atoms with Gasteiger partial charge < -0.3 is 10.5 Å². The average Bonchev–Trinajstić information content (AvgIpc) is 2.31. The Labute approximate surface area is 119 Å². The van der Waals surface area contributed by atoms with Gasteiger partial charge >= 0.3 is 0 Å². The van der Waals surface area contributed by atoms with Crippen LogP contribution in [0.1, 0.15) is 18.9 Å². The largest absolute Gasteiger partial charge is 0.497 e. The van der Waals surface area contributed by atoms with E-state index in [0.717, 1.165) is 5.56 Å². The lowest BCUT2D eigenvalue weighted by Gasteiger charge is -2.17. The smallest absolute Gasteiger partial charge is 0.242 e. The monoisotopic (exact) mass is 302 g/mol. The summed E-state index contributed by atoms with van der Waals surface area (Å²) in [6.45, 7) is 3.52. The van der Waals surface area contributed by atoms with E-state index >= 15 is 0 Å². The van der Waals surface area contributed by atoms with Gasteiger partial charge in [-0.3, -0.25) is 4.72 Å². The van der Waals surface area contributed by atoms with Crippen LogP contribution >= 0.6 is 12.2 Å². The van der Waals surface area contributed by atoms with Gasteiger partial charge in [0, 0.05) is 0 Å². The predicted octanol–water partition coefficient (Wildman–Crippen LogP) is 1.81. The number of nitrogens with two attached hydrogens (primary N) is 1. The number of hydrogen-bond donors (Lipinski definition) is 2. The molecule has 0 aliphatic rings. The zero-order valence-electron chi connectivity index (χ0n) is 11.1. The van der Waals surface area contributed by atoms with E-state index < -0.39 is 15.3 Å². The molecule has 106 valence electrons. The molecule has 0 spiro atoms. The first-order chi connectivity index (χ1) is 8.81. The van der Waals surface area contributed by atoms with Crippen LogP contribution in [0.25, 0.3) is 0 Å². The zero-order valence-corrected chi connectivity index (χ0v) is 12.8. The van der Waals surface area contributed by atoms with E-state index in [0.29, 0.717) is 17.9 Å². The minimum atomic E-state index is -3.62. The van der Waals surface area contributed by atoms with Crippen molar-refractivity contribution < 1.29 is 13.2 Å². The molecule has 0 bridgehead atoms. The van der Waals surface area contributed by atoms with Gasteiger partial charge in [0.15, 0.2) is 0 Å². The Bertz CT molecular complexity index is 570. The Morgan fingerprint density at radius 2 is 2.16 bits per heavy atom. The molecule has 5 nitrogen and oxygen atoms in total. The van der Waals surface area contributed by atoms with Crippen molar-refractivity contribution in [1.82, 2.24) is 0 Å². The van der Waals surface area contributed by atoms with Crippen LogP contribution in [0.4, 0.5) is 5.69 Å². The topological polar surface area (TPSA) is 81.4 Å². The molecule has 0 fully saturated rings. The van der Waals surface area contributed by atoms with Crippen molar-refractivity contribution in [2.24, 2.45) is 5.73 Å². The molecule has 1 aromatic rings. The Kier molecular flexibility index (Phi) is 5.13. The Balaban J connectivity index is 3.05. The van der Waals surface area contributed by atoms with Crippen LogP contribution < -0.4 is 15.2 Å². The summed E-state index contributed by atoms with van der Waals surface area (Å²) < 4.78 is 31.9. The van der Waals surface area contributed by atoms with Gasteiger partial charge in [-0.05, 0) is 37.1 Å². The Morgan fingerprint density at radius 3 is 2.58 bits per heavy atom. The van der Waals surface area contributed by atoms with E-state index in [9.17, 15) is 8.42 Å². The number of aryl methyl sites for hydroxylation is 1. The lowest BCUT2D eigenvalue weighted by atomic mass is 10.2. The fourth-order valence-corrected chi connectivity index (χ4v) is 3.64. The molecule has 0 amide bonds. The number of benzene rings is 1. The molecule has 1 rings (SSSR count). The van der Waals surface area contributed by atoms with Gasteiger partial charge in [0.25, 0.3) is 0 Å². The number of thiocarbonyl (C=S) groups is 1. The summed E-state index contributed by atoms with van der Waals surface area (Å²) in [6.07, 6.45) is 0.333. The van der Waals surface area contributed by atoms with Crippen molar-refractivity contribution in [3.8, 4) is 5.75 Å². The van der Waals surface area contributed by atoms with Crippen LogP contribution in [0.3, 0.4) is 0 Å². The SMILES string of the molecule is CCC(C(N)=S)S(=O)(=O)Nc1ccc(OC)cc1C. The summed E-state index contributed by atoms with van der Waals surface area (Å²) in [5.74, 6) is 0.668. The lowest BCUT2D eigenvalue weighted by Crippen LogP contribution is -2.37. The molecule has 3 N–H and O–H groups in total. The molecule has 1 unspecified atom stereocenters. The second-order valence-corrected chi connectivity index (χ2v) is 6.46. The van der Waals surface area contributed by atoms with Crippen LogP contribution in [-0.4, -0.2) is 25.8 Å². The van der Waals surface area contributed by atoms with Gasteiger partial charge in [0.05, 0.1) is 17.8 Å². The standard InChI is InChI=1S/C12H18N2O3S2/c1-4-11(12(13)18)19(15,16)14-10-6-5-9(17-3)7-8(10)2/h5-7,11,14H,4H2,1-3H3,(H2,13,18). The number of hydrogen-bond acceptors (Lipinski definition) is 4. The van der Waals surface area contributed by atoms with Crippen LogP contribution in [-0.2, 0) is 10.0 Å². The first-order valence-corrected chi connectivity index (χ1v) is 7.72. The molecule has 0 heterocycles. The second-order valence-electron chi connectivity index (χ2n) is 4.13. The molecule has 0 aromatic heterocycles. The number of nitrogens with one attached hydrogen (secondary N) is 1. The molecule has 0 radical (unpaired) electrons.